The van der Waals surface area contributed by atoms with Crippen LogP contribution in [0.1, 0.15) is 25.0 Å². The molecule has 6 nitrogen and oxygen atoms in total. The largest absolute Gasteiger partial charge is 0.370 e. The van der Waals surface area contributed by atoms with Crippen molar-refractivity contribution < 1.29 is 0 Å². The molecular formula is C13H22N6. The molecule has 19 heavy (non-hydrogen) atoms. The third-order valence-electron chi connectivity index (χ3n) is 3.31. The number of nitrogens with two attached hydrogens (primary N) is 1. The smallest absolute Gasteiger partial charge is 0.225 e. The van der Waals surface area contributed by atoms with Crippen molar-refractivity contribution in [2.75, 3.05) is 25.5 Å². The predicted molar refractivity (Wildman–Crippen MR) is 77.0 cm³/mol. The molecule has 2 rings (SSSR count). The number of hydrogen-bond acceptors (Lipinski definition) is 4. The van der Waals surface area contributed by atoms with Crippen LogP contribution in [-0.2, 0) is 6.54 Å². The summed E-state index contributed by atoms with van der Waals surface area (Å²) >= 11 is 0. The summed E-state index contributed by atoms with van der Waals surface area (Å²) in [6.45, 7) is 1.41. The average Bonchev–Trinajstić information content (AvgIpc) is 2.35. The Hall–Kier alpha value is -1.85. The van der Waals surface area contributed by atoms with Crippen molar-refractivity contribution in [1.82, 2.24) is 15.3 Å². The molecular weight excluding hydrogens is 240 g/mol. The number of aliphatic imine (C=N–C) groups is 1. The molecule has 1 aliphatic carbocycles. The molecule has 104 valence electrons. The second kappa shape index (κ2) is 6.36. The first kappa shape index (κ1) is 13.6. The maximum Gasteiger partial charge on any atom is 0.225 e. The fourth-order valence-electron chi connectivity index (χ4n) is 1.86. The van der Waals surface area contributed by atoms with Crippen molar-refractivity contribution in [1.29, 1.82) is 0 Å². The fraction of sp³-hybridized carbons (Fsp3) is 0.615. The number of rotatable bonds is 5. The van der Waals surface area contributed by atoms with Gasteiger partial charge in [0, 0.05) is 26.8 Å². The van der Waals surface area contributed by atoms with Gasteiger partial charge in [-0.1, -0.05) is 6.42 Å². The van der Waals surface area contributed by atoms with Crippen LogP contribution >= 0.6 is 0 Å². The van der Waals surface area contributed by atoms with Crippen LogP contribution in [-0.4, -0.2) is 36.6 Å². The molecule has 1 aliphatic rings. The van der Waals surface area contributed by atoms with Crippen LogP contribution < -0.4 is 16.0 Å². The normalized spacial score (nSPS) is 16.0. The summed E-state index contributed by atoms with van der Waals surface area (Å²) in [4.78, 5) is 14.7. The van der Waals surface area contributed by atoms with Gasteiger partial charge in [-0.15, -0.1) is 0 Å². The molecule has 1 fully saturated rings. The molecule has 0 amide bonds. The van der Waals surface area contributed by atoms with E-state index in [0.29, 0.717) is 18.5 Å². The summed E-state index contributed by atoms with van der Waals surface area (Å²) in [6.07, 6.45) is 5.69. The van der Waals surface area contributed by atoms with E-state index in [1.165, 1.54) is 19.3 Å². The Balaban J connectivity index is 1.83. The van der Waals surface area contributed by atoms with Gasteiger partial charge in [-0.05, 0) is 24.8 Å². The molecule has 0 unspecified atom stereocenters. The van der Waals surface area contributed by atoms with Crippen LogP contribution in [0.25, 0.3) is 0 Å². The highest BCUT2D eigenvalue weighted by Gasteiger charge is 2.16. The van der Waals surface area contributed by atoms with Crippen molar-refractivity contribution >= 4 is 11.9 Å². The molecule has 0 aliphatic heterocycles. The Morgan fingerprint density at radius 1 is 1.53 bits per heavy atom. The third kappa shape index (κ3) is 4.08. The maximum atomic E-state index is 5.83. The van der Waals surface area contributed by atoms with E-state index in [0.717, 1.165) is 18.2 Å². The van der Waals surface area contributed by atoms with Crippen molar-refractivity contribution in [3.8, 4) is 0 Å². The van der Waals surface area contributed by atoms with Crippen LogP contribution in [0.5, 0.6) is 0 Å². The lowest BCUT2D eigenvalue weighted by molar-refractivity contribution is 0.315. The molecule has 0 radical (unpaired) electrons. The van der Waals surface area contributed by atoms with E-state index in [4.69, 9.17) is 5.73 Å². The van der Waals surface area contributed by atoms with Gasteiger partial charge in [0.15, 0.2) is 5.96 Å². The summed E-state index contributed by atoms with van der Waals surface area (Å²) in [5, 5.41) is 3.17. The van der Waals surface area contributed by atoms with Gasteiger partial charge in [-0.25, -0.2) is 15.0 Å². The van der Waals surface area contributed by atoms with Crippen LogP contribution in [0.15, 0.2) is 17.3 Å². The van der Waals surface area contributed by atoms with Crippen LogP contribution in [0, 0.1) is 5.92 Å². The van der Waals surface area contributed by atoms with E-state index in [1.807, 2.05) is 25.1 Å². The minimum absolute atomic E-state index is 0.479. The minimum Gasteiger partial charge on any atom is -0.370 e. The summed E-state index contributed by atoms with van der Waals surface area (Å²) in [7, 11) is 3.83. The number of guanidine groups is 1. The Kier molecular flexibility index (Phi) is 4.54. The fourth-order valence-corrected chi connectivity index (χ4v) is 1.86. The van der Waals surface area contributed by atoms with Gasteiger partial charge in [0.05, 0.1) is 12.2 Å². The van der Waals surface area contributed by atoms with Gasteiger partial charge in [0.2, 0.25) is 5.95 Å². The van der Waals surface area contributed by atoms with Crippen LogP contribution in [0.4, 0.5) is 5.95 Å². The van der Waals surface area contributed by atoms with Gasteiger partial charge in [0.25, 0.3) is 0 Å². The van der Waals surface area contributed by atoms with Gasteiger partial charge in [-0.2, -0.15) is 0 Å². The van der Waals surface area contributed by atoms with E-state index in [-0.39, 0.29) is 0 Å². The molecule has 0 aromatic carbocycles. The zero-order valence-corrected chi connectivity index (χ0v) is 11.6. The number of nitrogens with zero attached hydrogens (tertiary/aromatic N) is 4. The first-order valence-corrected chi connectivity index (χ1v) is 6.68. The molecule has 1 saturated carbocycles. The van der Waals surface area contributed by atoms with Crippen molar-refractivity contribution in [3.63, 3.8) is 0 Å². The monoisotopic (exact) mass is 262 g/mol. The van der Waals surface area contributed by atoms with E-state index in [9.17, 15) is 0 Å². The topological polar surface area (TPSA) is 79.4 Å². The minimum atomic E-state index is 0.479. The molecule has 0 saturated heterocycles. The first-order valence-electron chi connectivity index (χ1n) is 6.68. The molecule has 1 aromatic rings. The second-order valence-corrected chi connectivity index (χ2v) is 5.12. The molecule has 3 N–H and O–H groups in total. The van der Waals surface area contributed by atoms with Crippen molar-refractivity contribution in [2.45, 2.75) is 25.8 Å². The highest BCUT2D eigenvalue weighted by molar-refractivity contribution is 5.77. The van der Waals surface area contributed by atoms with E-state index in [2.05, 4.69) is 20.3 Å². The number of nitrogens with one attached hydrogen (secondary N) is 1. The summed E-state index contributed by atoms with van der Waals surface area (Å²) < 4.78 is 0. The standard InChI is InChI=1S/C13H22N6/c1-19(2)13-15-7-6-11(18-13)9-17-12(14)16-8-10-4-3-5-10/h6-7,10H,3-5,8-9H2,1-2H3,(H3,14,16,17). The molecule has 1 heterocycles. The number of hydrogen-bond donors (Lipinski definition) is 2. The highest BCUT2D eigenvalue weighted by Crippen LogP contribution is 2.24. The van der Waals surface area contributed by atoms with Crippen LogP contribution in [0.2, 0.25) is 0 Å². The summed E-state index contributed by atoms with van der Waals surface area (Å²) in [5.74, 6) is 1.96. The van der Waals surface area contributed by atoms with E-state index < -0.39 is 0 Å². The third-order valence-corrected chi connectivity index (χ3v) is 3.31. The zero-order valence-electron chi connectivity index (χ0n) is 11.6. The number of aromatic nitrogens is 2. The first-order chi connectivity index (χ1) is 9.15. The Labute approximate surface area is 114 Å². The molecule has 0 bridgehead atoms. The molecule has 0 atom stereocenters. The average molecular weight is 262 g/mol. The summed E-state index contributed by atoms with van der Waals surface area (Å²) in [5.41, 5.74) is 6.70. The SMILES string of the molecule is CN(C)c1nccc(CN=C(N)NCC2CCC2)n1. The lowest BCUT2D eigenvalue weighted by atomic mass is 9.85. The lowest BCUT2D eigenvalue weighted by Crippen LogP contribution is -2.37. The van der Waals surface area contributed by atoms with Crippen molar-refractivity contribution in [3.05, 3.63) is 18.0 Å². The molecule has 0 spiro atoms. The molecule has 1 aromatic heterocycles. The number of anilines is 1. The zero-order chi connectivity index (χ0) is 13.7. The van der Waals surface area contributed by atoms with E-state index >= 15 is 0 Å². The molecule has 6 heteroatoms. The predicted octanol–water partition coefficient (Wildman–Crippen LogP) is 0.747. The van der Waals surface area contributed by atoms with Gasteiger partial charge < -0.3 is 16.0 Å². The Morgan fingerprint density at radius 2 is 2.32 bits per heavy atom. The van der Waals surface area contributed by atoms with E-state index in [1.54, 1.807) is 6.20 Å². The Bertz CT molecular complexity index is 439. The van der Waals surface area contributed by atoms with Gasteiger partial charge >= 0.3 is 0 Å². The van der Waals surface area contributed by atoms with Gasteiger partial charge in [-0.3, -0.25) is 0 Å². The maximum absolute atomic E-state index is 5.83. The van der Waals surface area contributed by atoms with Gasteiger partial charge in [0.1, 0.15) is 0 Å². The second-order valence-electron chi connectivity index (χ2n) is 5.12. The lowest BCUT2D eigenvalue weighted by Gasteiger charge is -2.25. The highest BCUT2D eigenvalue weighted by atomic mass is 15.2. The quantitative estimate of drug-likeness (QED) is 0.604. The van der Waals surface area contributed by atoms with Crippen molar-refractivity contribution in [2.24, 2.45) is 16.6 Å². The summed E-state index contributed by atoms with van der Waals surface area (Å²) in [6, 6.07) is 1.86. The Morgan fingerprint density at radius 3 is 2.95 bits per heavy atom. The van der Waals surface area contributed by atoms with Crippen LogP contribution in [0.3, 0.4) is 0 Å².